The molecule has 0 aliphatic carbocycles. The van der Waals surface area contributed by atoms with Gasteiger partial charge in [-0.2, -0.15) is 0 Å². The van der Waals surface area contributed by atoms with E-state index >= 15 is 0 Å². The molecule has 310 valence electrons. The van der Waals surface area contributed by atoms with Crippen LogP contribution in [0.3, 0.4) is 0 Å². The third kappa shape index (κ3) is 14.5. The lowest BCUT2D eigenvalue weighted by Crippen LogP contribution is -2.53. The van der Waals surface area contributed by atoms with Crippen molar-refractivity contribution in [3.8, 4) is 0 Å². The van der Waals surface area contributed by atoms with Gasteiger partial charge in [0.05, 0.1) is 12.4 Å². The number of nitrogens with one attached hydrogen (secondary N) is 3. The Kier molecular flexibility index (Phi) is 18.6. The molecule has 1 unspecified atom stereocenters. The van der Waals surface area contributed by atoms with E-state index in [-0.39, 0.29) is 100 Å². The molecule has 2 aliphatic rings. The van der Waals surface area contributed by atoms with Gasteiger partial charge in [-0.1, -0.05) is 6.42 Å². The number of nitrogens with zero attached hydrogens (tertiary/aromatic N) is 5. The Bertz CT molecular complexity index is 1550. The molecule has 1 aromatic rings. The summed E-state index contributed by atoms with van der Waals surface area (Å²) in [4.78, 5) is 92.3. The van der Waals surface area contributed by atoms with Crippen molar-refractivity contribution in [2.24, 2.45) is 17.3 Å². The number of urea groups is 3. The van der Waals surface area contributed by atoms with Gasteiger partial charge in [-0.25, -0.2) is 25.0 Å². The molecule has 0 aromatic heterocycles. The van der Waals surface area contributed by atoms with Gasteiger partial charge >= 0.3 is 24.1 Å². The van der Waals surface area contributed by atoms with Crippen LogP contribution in [0.25, 0.3) is 0 Å². The number of carboxylic acids is 1. The number of nitrogens with two attached hydrogens (primary N) is 3. The summed E-state index contributed by atoms with van der Waals surface area (Å²) in [6.07, 6.45) is 6.65. The molecule has 2 fully saturated rings. The maximum atomic E-state index is 13.9. The lowest BCUT2D eigenvalue weighted by molar-refractivity contribution is -0.139. The summed E-state index contributed by atoms with van der Waals surface area (Å²) >= 11 is 0. The van der Waals surface area contributed by atoms with E-state index in [0.29, 0.717) is 50.3 Å². The molecule has 20 heteroatoms. The van der Waals surface area contributed by atoms with Gasteiger partial charge in [0, 0.05) is 94.9 Å². The molecule has 10 N–H and O–H groups in total. The Morgan fingerprint density at radius 3 is 1.71 bits per heavy atom. The zero-order valence-electron chi connectivity index (χ0n) is 31.8. The maximum absolute atomic E-state index is 13.9. The SMILES string of the molecule is NC(=O)NC(CCCCNC(=O)N1CCN(C(=O)c2cc(C(=O)N3CCN(C(=O)NCCCCCC=O)CC3)cc(N(N)/C=C(\N)CCCF)c2)CC1)C(=O)O. The van der Waals surface area contributed by atoms with Gasteiger partial charge in [0.2, 0.25) is 0 Å². The summed E-state index contributed by atoms with van der Waals surface area (Å²) in [5, 5.41) is 18.2. The summed E-state index contributed by atoms with van der Waals surface area (Å²) in [6, 6.07) is 1.96. The first kappa shape index (κ1) is 44.7. The molecule has 3 rings (SSSR count). The summed E-state index contributed by atoms with van der Waals surface area (Å²) < 4.78 is 12.8. The zero-order chi connectivity index (χ0) is 41.0. The lowest BCUT2D eigenvalue weighted by Gasteiger charge is -2.35. The summed E-state index contributed by atoms with van der Waals surface area (Å²) in [7, 11) is 0. The van der Waals surface area contributed by atoms with Crippen LogP contribution in [0.1, 0.15) is 78.5 Å². The Morgan fingerprint density at radius 1 is 0.750 bits per heavy atom. The third-order valence-electron chi connectivity index (χ3n) is 9.41. The van der Waals surface area contributed by atoms with E-state index in [1.54, 1.807) is 25.7 Å². The number of aliphatic carboxylic acids is 1. The van der Waals surface area contributed by atoms with Crippen LogP contribution in [0.5, 0.6) is 0 Å². The number of carbonyl (C=O) groups excluding carboxylic acids is 6. The number of halogens is 1. The molecule has 56 heavy (non-hydrogen) atoms. The first-order valence-corrected chi connectivity index (χ1v) is 18.9. The number of carboxylic acid groups (broad SMARTS) is 1. The van der Waals surface area contributed by atoms with Gasteiger partial charge in [0.1, 0.15) is 12.3 Å². The molecule has 0 bridgehead atoms. The lowest BCUT2D eigenvalue weighted by atomic mass is 10.1. The number of hydrazine groups is 1. The Labute approximate surface area is 325 Å². The minimum absolute atomic E-state index is 0.149. The van der Waals surface area contributed by atoms with Crippen molar-refractivity contribution in [2.75, 3.05) is 77.1 Å². The highest BCUT2D eigenvalue weighted by Crippen LogP contribution is 2.23. The normalized spacial score (nSPS) is 15.1. The molecular formula is C36H56FN11O8. The summed E-state index contributed by atoms with van der Waals surface area (Å²) in [5.74, 6) is 4.37. The number of rotatable bonds is 20. The van der Waals surface area contributed by atoms with Crippen molar-refractivity contribution in [3.05, 3.63) is 41.2 Å². The van der Waals surface area contributed by atoms with Crippen LogP contribution in [0, 0.1) is 0 Å². The number of hydrogen-bond acceptors (Lipinski definition) is 10. The molecule has 2 aliphatic heterocycles. The molecule has 2 heterocycles. The highest BCUT2D eigenvalue weighted by Gasteiger charge is 2.29. The van der Waals surface area contributed by atoms with Crippen LogP contribution < -0.4 is 38.3 Å². The van der Waals surface area contributed by atoms with Crippen molar-refractivity contribution in [2.45, 2.75) is 63.8 Å². The topological polar surface area (TPSA) is 270 Å². The smallest absolute Gasteiger partial charge is 0.326 e. The van der Waals surface area contributed by atoms with E-state index in [2.05, 4.69) is 16.0 Å². The van der Waals surface area contributed by atoms with Gasteiger partial charge in [0.15, 0.2) is 0 Å². The fourth-order valence-corrected chi connectivity index (χ4v) is 6.23. The second-order valence-corrected chi connectivity index (χ2v) is 13.6. The molecule has 8 amide bonds. The molecule has 1 aromatic carbocycles. The Morgan fingerprint density at radius 2 is 1.25 bits per heavy atom. The molecule has 2 saturated heterocycles. The fraction of sp³-hybridized carbons (Fsp3) is 0.583. The van der Waals surface area contributed by atoms with E-state index in [1.807, 2.05) is 0 Å². The highest BCUT2D eigenvalue weighted by atomic mass is 19.1. The van der Waals surface area contributed by atoms with E-state index in [4.69, 9.17) is 17.3 Å². The fourth-order valence-electron chi connectivity index (χ4n) is 6.23. The molecule has 1 atom stereocenters. The summed E-state index contributed by atoms with van der Waals surface area (Å²) in [6.45, 7) is 2.26. The third-order valence-corrected chi connectivity index (χ3v) is 9.41. The van der Waals surface area contributed by atoms with Gasteiger partial charge in [-0.15, -0.1) is 0 Å². The van der Waals surface area contributed by atoms with Crippen LogP contribution in [-0.4, -0.2) is 145 Å². The molecule has 0 saturated carbocycles. The van der Waals surface area contributed by atoms with E-state index in [1.165, 1.54) is 23.3 Å². The largest absolute Gasteiger partial charge is 0.480 e. The van der Waals surface area contributed by atoms with Gasteiger partial charge < -0.3 is 56.9 Å². The highest BCUT2D eigenvalue weighted by molar-refractivity contribution is 6.01. The van der Waals surface area contributed by atoms with Crippen LogP contribution >= 0.6 is 0 Å². The predicted octanol–water partition coefficient (Wildman–Crippen LogP) is 0.902. The maximum Gasteiger partial charge on any atom is 0.326 e. The Hall–Kier alpha value is -5.66. The van der Waals surface area contributed by atoms with E-state index < -0.39 is 24.7 Å². The molecule has 0 radical (unpaired) electrons. The number of hydrogen-bond donors (Lipinski definition) is 7. The number of piperazine rings is 2. The number of anilines is 1. The summed E-state index contributed by atoms with van der Waals surface area (Å²) in [5.41, 5.74) is 12.0. The van der Waals surface area contributed by atoms with E-state index in [9.17, 15) is 43.1 Å². The second kappa shape index (κ2) is 23.3. The van der Waals surface area contributed by atoms with Gasteiger partial charge in [0.25, 0.3) is 11.8 Å². The monoisotopic (exact) mass is 789 g/mol. The van der Waals surface area contributed by atoms with Crippen LogP contribution in [-0.2, 0) is 9.59 Å². The van der Waals surface area contributed by atoms with E-state index in [0.717, 1.165) is 25.5 Å². The number of alkyl halides is 1. The van der Waals surface area contributed by atoms with Crippen molar-refractivity contribution in [1.82, 2.24) is 35.6 Å². The molecule has 19 nitrogen and oxygen atoms in total. The number of unbranched alkanes of at least 4 members (excludes halogenated alkanes) is 4. The van der Waals surface area contributed by atoms with Crippen molar-refractivity contribution >= 4 is 47.9 Å². The zero-order valence-corrected chi connectivity index (χ0v) is 31.8. The minimum atomic E-state index is -1.20. The Balaban J connectivity index is 1.62. The molecular weight excluding hydrogens is 733 g/mol. The number of carbonyl (C=O) groups is 7. The van der Waals surface area contributed by atoms with Gasteiger partial charge in [-0.3, -0.25) is 19.0 Å². The first-order valence-electron chi connectivity index (χ1n) is 18.9. The number of amides is 8. The number of aldehydes is 1. The first-order chi connectivity index (χ1) is 26.8. The van der Waals surface area contributed by atoms with Crippen molar-refractivity contribution in [1.29, 1.82) is 0 Å². The quantitative estimate of drug-likeness (QED) is 0.0422. The average molecular weight is 790 g/mol. The number of allylic oxidation sites excluding steroid dienone is 1. The van der Waals surface area contributed by atoms with Gasteiger partial charge in [-0.05, 0) is 63.1 Å². The number of benzene rings is 1. The van der Waals surface area contributed by atoms with Crippen molar-refractivity contribution in [3.63, 3.8) is 0 Å². The molecule has 0 spiro atoms. The second-order valence-electron chi connectivity index (χ2n) is 13.6. The average Bonchev–Trinajstić information content (AvgIpc) is 3.19. The minimum Gasteiger partial charge on any atom is -0.480 e. The van der Waals surface area contributed by atoms with Crippen LogP contribution in [0.2, 0.25) is 0 Å². The van der Waals surface area contributed by atoms with Crippen LogP contribution in [0.15, 0.2) is 30.1 Å². The van der Waals surface area contributed by atoms with Crippen LogP contribution in [0.4, 0.5) is 24.5 Å². The van der Waals surface area contributed by atoms with Crippen molar-refractivity contribution < 1.29 is 43.1 Å². The standard InChI is InChI=1S/C36H56FN11O8/c37-10-7-8-28(38)25-48(40)29-23-26(31(50)44-13-17-46(18-14-44)35(55)41-11-4-1-2-6-21-49)22-27(24-29)32(51)45-15-19-47(20-16-45)36(56)42-12-5-3-9-30(33(52)53)43-34(39)54/h21-25,30H,1-20,38,40H2,(H,41,55)(H,42,56)(H,52,53)(H3,39,43,54)/b28-25-. The predicted molar refractivity (Wildman–Crippen MR) is 205 cm³/mol. The number of primary amides is 1.